The van der Waals surface area contributed by atoms with Crippen LogP contribution in [-0.4, -0.2) is 28.1 Å². The number of halogens is 1. The maximum atomic E-state index is 13.6. The van der Waals surface area contributed by atoms with Crippen LogP contribution in [0, 0.1) is 5.82 Å². The number of carbonyl (C=O) groups excluding carboxylic acids is 1. The molecule has 0 atom stereocenters. The number of pyridine rings is 1. The van der Waals surface area contributed by atoms with E-state index in [1.807, 2.05) is 0 Å². The number of carboxylic acid groups (broad SMARTS) is 1. The second-order valence-corrected chi connectivity index (χ2v) is 5.85. The van der Waals surface area contributed by atoms with Gasteiger partial charge in [0, 0.05) is 12.3 Å². The number of aromatic nitrogens is 1. The van der Waals surface area contributed by atoms with Crippen molar-refractivity contribution in [3.8, 4) is 5.75 Å². The molecule has 25 heavy (non-hydrogen) atoms. The molecule has 0 aliphatic heterocycles. The molecule has 0 spiro atoms. The molecule has 2 N–H and O–H groups in total. The zero-order valence-corrected chi connectivity index (χ0v) is 13.4. The highest BCUT2D eigenvalue weighted by Crippen LogP contribution is 2.31. The van der Waals surface area contributed by atoms with Crippen LogP contribution in [0.25, 0.3) is 0 Å². The number of rotatable bonds is 5. The van der Waals surface area contributed by atoms with Gasteiger partial charge in [0.2, 0.25) is 0 Å². The van der Waals surface area contributed by atoms with Crippen LogP contribution in [0.4, 0.5) is 10.1 Å². The average molecular weight is 344 g/mol. The molecule has 1 amide bonds. The number of nitrogens with one attached hydrogen (secondary N) is 1. The number of hydrogen-bond donors (Lipinski definition) is 2. The minimum Gasteiger partial charge on any atom is -0.488 e. The number of hydrogen-bond acceptors (Lipinski definition) is 4. The molecular formula is C18H17FN2O4. The van der Waals surface area contributed by atoms with Gasteiger partial charge in [0.25, 0.3) is 5.91 Å². The van der Waals surface area contributed by atoms with E-state index in [0.29, 0.717) is 5.69 Å². The maximum absolute atomic E-state index is 13.6. The summed E-state index contributed by atoms with van der Waals surface area (Å²) in [5.41, 5.74) is 0.235. The molecule has 1 aromatic heterocycles. The molecule has 0 unspecified atom stereocenters. The van der Waals surface area contributed by atoms with Gasteiger partial charge >= 0.3 is 5.97 Å². The number of carboxylic acids is 1. The van der Waals surface area contributed by atoms with Gasteiger partial charge in [-0.25, -0.2) is 9.18 Å². The Hall–Kier alpha value is -2.96. The van der Waals surface area contributed by atoms with E-state index in [4.69, 9.17) is 9.84 Å². The Labute approximate surface area is 143 Å². The van der Waals surface area contributed by atoms with Crippen molar-refractivity contribution >= 4 is 17.6 Å². The summed E-state index contributed by atoms with van der Waals surface area (Å²) in [7, 11) is 0. The quantitative estimate of drug-likeness (QED) is 0.867. The minimum atomic E-state index is -1.15. The van der Waals surface area contributed by atoms with Crippen LogP contribution >= 0.6 is 0 Å². The smallest absolute Gasteiger partial charge is 0.335 e. The zero-order chi connectivity index (χ0) is 17.8. The number of amides is 1. The third kappa shape index (κ3) is 4.12. The van der Waals surface area contributed by atoms with Crippen LogP contribution < -0.4 is 10.1 Å². The topological polar surface area (TPSA) is 88.5 Å². The Morgan fingerprint density at radius 2 is 1.96 bits per heavy atom. The molecule has 130 valence electrons. The fraction of sp³-hybridized carbons (Fsp3) is 0.278. The average Bonchev–Trinajstić information content (AvgIpc) is 3.10. The third-order valence-electron chi connectivity index (χ3n) is 4.03. The monoisotopic (exact) mass is 344 g/mol. The lowest BCUT2D eigenvalue weighted by Gasteiger charge is -2.17. The van der Waals surface area contributed by atoms with E-state index in [-0.39, 0.29) is 23.1 Å². The van der Waals surface area contributed by atoms with Gasteiger partial charge in [0.15, 0.2) is 0 Å². The van der Waals surface area contributed by atoms with E-state index >= 15 is 0 Å². The number of carbonyl (C=O) groups is 2. The van der Waals surface area contributed by atoms with Crippen LogP contribution in [0.5, 0.6) is 5.75 Å². The number of nitrogens with zero attached hydrogens (tertiary/aromatic N) is 1. The lowest BCUT2D eigenvalue weighted by molar-refractivity contribution is 0.0696. The van der Waals surface area contributed by atoms with Crippen LogP contribution in [0.3, 0.4) is 0 Å². The van der Waals surface area contributed by atoms with Crippen molar-refractivity contribution < 1.29 is 23.8 Å². The van der Waals surface area contributed by atoms with Crippen molar-refractivity contribution in [1.82, 2.24) is 4.98 Å². The summed E-state index contributed by atoms with van der Waals surface area (Å²) in [6.45, 7) is 0. The zero-order valence-electron chi connectivity index (χ0n) is 13.4. The Kier molecular flexibility index (Phi) is 4.92. The minimum absolute atomic E-state index is 0.00548. The van der Waals surface area contributed by atoms with Crippen molar-refractivity contribution in [1.29, 1.82) is 0 Å². The standard InChI is InChI=1S/C18H17FN2O4/c19-12-5-6-14(16(10-12)25-13-3-1-2-4-13)21-17(22)15-9-11(18(23)24)7-8-20-15/h5-10,13H,1-4H2,(H,21,22)(H,23,24). The third-order valence-corrected chi connectivity index (χ3v) is 4.03. The highest BCUT2D eigenvalue weighted by molar-refractivity contribution is 6.04. The molecule has 7 heteroatoms. The maximum Gasteiger partial charge on any atom is 0.335 e. The molecule has 0 bridgehead atoms. The lowest BCUT2D eigenvalue weighted by atomic mass is 10.2. The van der Waals surface area contributed by atoms with Gasteiger partial charge in [-0.1, -0.05) is 0 Å². The Bertz CT molecular complexity index is 803. The van der Waals surface area contributed by atoms with Crippen LogP contribution in [0.2, 0.25) is 0 Å². The molecular weight excluding hydrogens is 327 g/mol. The van der Waals surface area contributed by atoms with Crippen LogP contribution in [0.1, 0.15) is 46.5 Å². The van der Waals surface area contributed by atoms with Gasteiger partial charge in [-0.2, -0.15) is 0 Å². The van der Waals surface area contributed by atoms with E-state index in [9.17, 15) is 14.0 Å². The molecule has 1 aliphatic carbocycles. The predicted octanol–water partition coefficient (Wildman–Crippen LogP) is 3.49. The first-order valence-corrected chi connectivity index (χ1v) is 8.00. The molecule has 3 rings (SSSR count). The van der Waals surface area contributed by atoms with E-state index in [2.05, 4.69) is 10.3 Å². The molecule has 2 aromatic rings. The number of benzene rings is 1. The largest absolute Gasteiger partial charge is 0.488 e. The second-order valence-electron chi connectivity index (χ2n) is 5.85. The van der Waals surface area contributed by atoms with Crippen molar-refractivity contribution in [3.63, 3.8) is 0 Å². The molecule has 1 aliphatic rings. The summed E-state index contributed by atoms with van der Waals surface area (Å²) >= 11 is 0. The summed E-state index contributed by atoms with van der Waals surface area (Å²) in [6.07, 6.45) is 5.17. The van der Waals surface area contributed by atoms with E-state index in [1.165, 1.54) is 36.5 Å². The molecule has 0 radical (unpaired) electrons. The van der Waals surface area contributed by atoms with Gasteiger partial charge in [-0.05, 0) is 49.9 Å². The first-order valence-electron chi connectivity index (χ1n) is 8.00. The van der Waals surface area contributed by atoms with Gasteiger partial charge < -0.3 is 15.2 Å². The lowest BCUT2D eigenvalue weighted by Crippen LogP contribution is -2.17. The fourth-order valence-electron chi connectivity index (χ4n) is 2.76. The van der Waals surface area contributed by atoms with E-state index in [1.54, 1.807) is 0 Å². The van der Waals surface area contributed by atoms with Crippen molar-refractivity contribution in [2.24, 2.45) is 0 Å². The van der Waals surface area contributed by atoms with Crippen LogP contribution in [0.15, 0.2) is 36.5 Å². The first kappa shape index (κ1) is 16.9. The summed E-state index contributed by atoms with van der Waals surface area (Å²) < 4.78 is 19.4. The SMILES string of the molecule is O=C(O)c1ccnc(C(=O)Nc2ccc(F)cc2OC2CCCC2)c1. The van der Waals surface area contributed by atoms with Gasteiger partial charge in [0.1, 0.15) is 17.3 Å². The number of aromatic carboxylic acids is 1. The number of ether oxygens (including phenoxy) is 1. The summed E-state index contributed by atoms with van der Waals surface area (Å²) in [5.74, 6) is -1.94. The van der Waals surface area contributed by atoms with Crippen molar-refractivity contribution in [2.45, 2.75) is 31.8 Å². The Balaban J connectivity index is 1.80. The molecule has 0 saturated heterocycles. The van der Waals surface area contributed by atoms with Crippen LogP contribution in [-0.2, 0) is 0 Å². The summed E-state index contributed by atoms with van der Waals surface area (Å²) in [5, 5.41) is 11.6. The summed E-state index contributed by atoms with van der Waals surface area (Å²) in [4.78, 5) is 27.2. The predicted molar refractivity (Wildman–Crippen MR) is 88.4 cm³/mol. The normalized spacial score (nSPS) is 14.3. The Morgan fingerprint density at radius 1 is 1.20 bits per heavy atom. The van der Waals surface area contributed by atoms with E-state index < -0.39 is 17.7 Å². The number of anilines is 1. The summed E-state index contributed by atoms with van der Waals surface area (Å²) in [6, 6.07) is 6.34. The molecule has 1 saturated carbocycles. The molecule has 6 nitrogen and oxygen atoms in total. The molecule has 1 heterocycles. The van der Waals surface area contributed by atoms with Gasteiger partial charge in [0.05, 0.1) is 17.4 Å². The Morgan fingerprint density at radius 3 is 2.68 bits per heavy atom. The first-order chi connectivity index (χ1) is 12.0. The van der Waals surface area contributed by atoms with E-state index in [0.717, 1.165) is 25.7 Å². The highest BCUT2D eigenvalue weighted by Gasteiger charge is 2.20. The van der Waals surface area contributed by atoms with Gasteiger partial charge in [-0.3, -0.25) is 9.78 Å². The molecule has 1 aromatic carbocycles. The fourth-order valence-corrected chi connectivity index (χ4v) is 2.76. The second kappa shape index (κ2) is 7.29. The van der Waals surface area contributed by atoms with Crippen molar-refractivity contribution in [3.05, 3.63) is 53.6 Å². The highest BCUT2D eigenvalue weighted by atomic mass is 19.1. The molecule has 1 fully saturated rings. The van der Waals surface area contributed by atoms with Gasteiger partial charge in [-0.15, -0.1) is 0 Å². The van der Waals surface area contributed by atoms with Crippen molar-refractivity contribution in [2.75, 3.05) is 5.32 Å².